The van der Waals surface area contributed by atoms with Crippen LogP contribution in [0.1, 0.15) is 43.4 Å². The Bertz CT molecular complexity index is 1010. The molecule has 0 aromatic heterocycles. The number of carbonyl (C=O) groups is 2. The fraction of sp³-hybridized carbons (Fsp3) is 0.360. The van der Waals surface area contributed by atoms with Gasteiger partial charge >= 0.3 is 0 Å². The van der Waals surface area contributed by atoms with Crippen molar-refractivity contribution in [2.75, 3.05) is 19.8 Å². The largest absolute Gasteiger partial charge is 0.508 e. The highest BCUT2D eigenvalue weighted by Gasteiger charge is 2.47. The Morgan fingerprint density at radius 3 is 2.47 bits per heavy atom. The number of phenolic OH excluding ortho intramolecular Hbond substituents is 1. The molecule has 2 N–H and O–H groups in total. The minimum Gasteiger partial charge on any atom is -0.508 e. The summed E-state index contributed by atoms with van der Waals surface area (Å²) in [5.41, 5.74) is 1.08. The zero-order valence-corrected chi connectivity index (χ0v) is 18.0. The third kappa shape index (κ3) is 4.34. The molecule has 2 atom stereocenters. The Morgan fingerprint density at radius 1 is 1.12 bits per heavy atom. The molecule has 7 nitrogen and oxygen atoms in total. The van der Waals surface area contributed by atoms with E-state index >= 15 is 0 Å². The Balaban J connectivity index is 1.74. The lowest BCUT2D eigenvalue weighted by atomic mass is 9.95. The molecule has 0 spiro atoms. The summed E-state index contributed by atoms with van der Waals surface area (Å²) in [6, 6.07) is 12.3. The number of Topliss-reactive ketones (excluding diaryl/α,β-unsaturated/α-hetero) is 1. The van der Waals surface area contributed by atoms with E-state index in [2.05, 4.69) is 0 Å². The van der Waals surface area contributed by atoms with Gasteiger partial charge in [0.1, 0.15) is 17.3 Å². The lowest BCUT2D eigenvalue weighted by molar-refractivity contribution is -0.140. The molecule has 2 aromatic carbocycles. The van der Waals surface area contributed by atoms with Crippen LogP contribution in [0.5, 0.6) is 11.5 Å². The number of rotatable bonds is 7. The minimum atomic E-state index is -0.768. The summed E-state index contributed by atoms with van der Waals surface area (Å²) >= 11 is 0. The second kappa shape index (κ2) is 9.44. The molecule has 2 aliphatic heterocycles. The Labute approximate surface area is 186 Å². The summed E-state index contributed by atoms with van der Waals surface area (Å²) in [6.45, 7) is 3.49. The molecule has 4 rings (SSSR count). The van der Waals surface area contributed by atoms with Crippen LogP contribution >= 0.6 is 0 Å². The summed E-state index contributed by atoms with van der Waals surface area (Å²) in [5.74, 6) is -0.893. The van der Waals surface area contributed by atoms with E-state index in [0.717, 1.165) is 19.3 Å². The smallest absolute Gasteiger partial charge is 0.295 e. The number of amides is 1. The second-order valence-electron chi connectivity index (χ2n) is 8.05. The van der Waals surface area contributed by atoms with Crippen molar-refractivity contribution < 1.29 is 29.3 Å². The first kappa shape index (κ1) is 21.9. The number of nitrogens with zero attached hydrogens (tertiary/aromatic N) is 1. The maximum Gasteiger partial charge on any atom is 0.295 e. The molecule has 2 heterocycles. The lowest BCUT2D eigenvalue weighted by Gasteiger charge is -2.27. The van der Waals surface area contributed by atoms with Gasteiger partial charge in [0, 0.05) is 18.7 Å². The van der Waals surface area contributed by atoms with Gasteiger partial charge in [-0.15, -0.1) is 0 Å². The number of benzene rings is 2. The molecular formula is C25H27NO6. The van der Waals surface area contributed by atoms with Crippen LogP contribution in [0.25, 0.3) is 5.76 Å². The van der Waals surface area contributed by atoms with Crippen LogP contribution in [0.4, 0.5) is 0 Å². The summed E-state index contributed by atoms with van der Waals surface area (Å²) in [4.78, 5) is 27.5. The highest BCUT2D eigenvalue weighted by atomic mass is 16.5. The number of aliphatic hydroxyl groups is 1. The molecule has 32 heavy (non-hydrogen) atoms. The van der Waals surface area contributed by atoms with Gasteiger partial charge in [-0.1, -0.05) is 19.1 Å². The van der Waals surface area contributed by atoms with E-state index in [9.17, 15) is 19.8 Å². The van der Waals surface area contributed by atoms with Crippen molar-refractivity contribution in [3.63, 3.8) is 0 Å². The van der Waals surface area contributed by atoms with Crippen LogP contribution in [-0.4, -0.2) is 52.7 Å². The van der Waals surface area contributed by atoms with Gasteiger partial charge in [-0.3, -0.25) is 9.59 Å². The van der Waals surface area contributed by atoms with Gasteiger partial charge in [0.2, 0.25) is 0 Å². The molecule has 0 bridgehead atoms. The molecular weight excluding hydrogens is 410 g/mol. The van der Waals surface area contributed by atoms with Crippen LogP contribution in [0.2, 0.25) is 0 Å². The van der Waals surface area contributed by atoms with Crippen molar-refractivity contribution in [1.82, 2.24) is 4.90 Å². The average Bonchev–Trinajstić information content (AvgIpc) is 3.41. The summed E-state index contributed by atoms with van der Waals surface area (Å²) in [6.07, 6.45) is 2.45. The van der Waals surface area contributed by atoms with Crippen LogP contribution in [0.15, 0.2) is 54.1 Å². The van der Waals surface area contributed by atoms with Gasteiger partial charge < -0.3 is 24.6 Å². The lowest BCUT2D eigenvalue weighted by Crippen LogP contribution is -2.36. The number of likely N-dealkylation sites (tertiary alicyclic amines) is 1. The zero-order chi connectivity index (χ0) is 22.7. The summed E-state index contributed by atoms with van der Waals surface area (Å²) in [5, 5.41) is 20.8. The topological polar surface area (TPSA) is 96.3 Å². The molecule has 2 unspecified atom stereocenters. The number of aromatic hydroxyl groups is 1. The normalized spacial score (nSPS) is 22.5. The summed E-state index contributed by atoms with van der Waals surface area (Å²) < 4.78 is 11.3. The first-order valence-corrected chi connectivity index (χ1v) is 10.9. The van der Waals surface area contributed by atoms with E-state index < -0.39 is 17.7 Å². The quantitative estimate of drug-likeness (QED) is 0.389. The SMILES string of the molecule is CCCOc1ccc(/C(O)=C2/C(=O)C(=O)N(CC3CCCO3)C2c2ccc(O)cc2)cc1. The molecule has 2 aliphatic rings. The Kier molecular flexibility index (Phi) is 6.46. The van der Waals surface area contributed by atoms with Crippen LogP contribution in [-0.2, 0) is 14.3 Å². The van der Waals surface area contributed by atoms with E-state index in [-0.39, 0.29) is 29.7 Å². The fourth-order valence-electron chi connectivity index (χ4n) is 4.16. The maximum atomic E-state index is 13.0. The second-order valence-corrected chi connectivity index (χ2v) is 8.05. The number of phenols is 1. The standard InChI is InChI=1S/C25H27NO6/c1-2-13-31-19-11-7-17(8-12-19)23(28)21-22(16-5-9-18(27)10-6-16)26(25(30)24(21)29)15-20-4-3-14-32-20/h5-12,20,22,27-28H,2-4,13-15H2,1H3/b23-21-. The van der Waals surface area contributed by atoms with Crippen molar-refractivity contribution in [2.45, 2.75) is 38.3 Å². The van der Waals surface area contributed by atoms with E-state index in [1.165, 1.54) is 17.0 Å². The monoisotopic (exact) mass is 437 g/mol. The van der Waals surface area contributed by atoms with E-state index in [4.69, 9.17) is 9.47 Å². The van der Waals surface area contributed by atoms with Gasteiger partial charge in [0.15, 0.2) is 0 Å². The highest BCUT2D eigenvalue weighted by Crippen LogP contribution is 2.40. The van der Waals surface area contributed by atoms with Crippen molar-refractivity contribution >= 4 is 17.4 Å². The minimum absolute atomic E-state index is 0.0286. The number of hydrogen-bond acceptors (Lipinski definition) is 6. The number of hydrogen-bond donors (Lipinski definition) is 2. The maximum absolute atomic E-state index is 13.0. The summed E-state index contributed by atoms with van der Waals surface area (Å²) in [7, 11) is 0. The van der Waals surface area contributed by atoms with Crippen molar-refractivity contribution in [3.8, 4) is 11.5 Å². The average molecular weight is 437 g/mol. The van der Waals surface area contributed by atoms with Gasteiger partial charge in [0.05, 0.1) is 24.3 Å². The molecule has 0 radical (unpaired) electrons. The highest BCUT2D eigenvalue weighted by molar-refractivity contribution is 6.46. The first-order chi connectivity index (χ1) is 15.5. The number of ketones is 1. The Hall–Kier alpha value is -3.32. The van der Waals surface area contributed by atoms with Gasteiger partial charge in [0.25, 0.3) is 11.7 Å². The number of carbonyl (C=O) groups excluding carboxylic acids is 2. The molecule has 2 fully saturated rings. The van der Waals surface area contributed by atoms with Gasteiger partial charge in [-0.2, -0.15) is 0 Å². The van der Waals surface area contributed by atoms with Crippen molar-refractivity contribution in [1.29, 1.82) is 0 Å². The third-order valence-corrected chi connectivity index (χ3v) is 5.77. The Morgan fingerprint density at radius 2 is 1.84 bits per heavy atom. The fourth-order valence-corrected chi connectivity index (χ4v) is 4.16. The number of aliphatic hydroxyl groups excluding tert-OH is 1. The molecule has 0 aliphatic carbocycles. The van der Waals surface area contributed by atoms with Crippen molar-refractivity contribution in [3.05, 3.63) is 65.2 Å². The van der Waals surface area contributed by atoms with E-state index in [1.54, 1.807) is 36.4 Å². The predicted molar refractivity (Wildman–Crippen MR) is 118 cm³/mol. The molecule has 0 saturated carbocycles. The van der Waals surface area contributed by atoms with Crippen LogP contribution < -0.4 is 4.74 Å². The van der Waals surface area contributed by atoms with Crippen LogP contribution in [0, 0.1) is 0 Å². The van der Waals surface area contributed by atoms with Crippen LogP contribution in [0.3, 0.4) is 0 Å². The number of ether oxygens (including phenoxy) is 2. The molecule has 2 aromatic rings. The predicted octanol–water partition coefficient (Wildman–Crippen LogP) is 3.78. The third-order valence-electron chi connectivity index (χ3n) is 5.77. The van der Waals surface area contributed by atoms with Gasteiger partial charge in [-0.05, 0) is 61.2 Å². The molecule has 168 valence electrons. The molecule has 1 amide bonds. The van der Waals surface area contributed by atoms with E-state index in [1.807, 2.05) is 6.92 Å². The zero-order valence-electron chi connectivity index (χ0n) is 18.0. The first-order valence-electron chi connectivity index (χ1n) is 10.9. The van der Waals surface area contributed by atoms with Gasteiger partial charge in [-0.25, -0.2) is 0 Å². The van der Waals surface area contributed by atoms with Crippen molar-refractivity contribution in [2.24, 2.45) is 0 Å². The van der Waals surface area contributed by atoms with E-state index in [0.29, 0.717) is 30.1 Å². The molecule has 7 heteroatoms. The molecule has 2 saturated heterocycles.